The number of esters is 1. The smallest absolute Gasteiger partial charge is 0.434 e. The van der Waals surface area contributed by atoms with E-state index in [1.807, 2.05) is 13.8 Å². The van der Waals surface area contributed by atoms with Crippen LogP contribution < -0.4 is 10.6 Å². The predicted octanol–water partition coefficient (Wildman–Crippen LogP) is 2.14. The molecule has 0 aliphatic carbocycles. The van der Waals surface area contributed by atoms with Crippen molar-refractivity contribution < 1.29 is 14.5 Å². The van der Waals surface area contributed by atoms with Crippen LogP contribution in [0.4, 0.5) is 5.95 Å². The van der Waals surface area contributed by atoms with E-state index >= 15 is 0 Å². The number of hydrogen-bond donors (Lipinski definition) is 2. The third kappa shape index (κ3) is 8.04. The SMILES string of the molecule is COC(=O)CCC(N=O)C(C)(C)NCCCNC(C)(C)C(Cn1ccnc1[N+](=O)[O-])N=O. The summed E-state index contributed by atoms with van der Waals surface area (Å²) >= 11 is 0. The van der Waals surface area contributed by atoms with Crippen LogP contribution in [0.5, 0.6) is 0 Å². The summed E-state index contributed by atoms with van der Waals surface area (Å²) in [6.07, 6.45) is 3.82. The number of aromatic nitrogens is 2. The van der Waals surface area contributed by atoms with Gasteiger partial charge in [-0.3, -0.25) is 4.79 Å². The van der Waals surface area contributed by atoms with Gasteiger partial charge in [-0.15, -0.1) is 0 Å². The molecule has 1 heterocycles. The van der Waals surface area contributed by atoms with Crippen LogP contribution in [0.3, 0.4) is 0 Å². The van der Waals surface area contributed by atoms with Gasteiger partial charge in [0.1, 0.15) is 24.5 Å². The topological polar surface area (TPSA) is 170 Å². The zero-order valence-corrected chi connectivity index (χ0v) is 19.2. The molecule has 0 bridgehead atoms. The van der Waals surface area contributed by atoms with E-state index in [1.54, 1.807) is 13.8 Å². The molecule has 13 nitrogen and oxygen atoms in total. The summed E-state index contributed by atoms with van der Waals surface area (Å²) in [4.78, 5) is 48.1. The number of carbonyl (C=O) groups excluding carboxylic acids is 1. The van der Waals surface area contributed by atoms with E-state index in [9.17, 15) is 24.7 Å². The van der Waals surface area contributed by atoms with Crippen molar-refractivity contribution in [2.75, 3.05) is 20.2 Å². The van der Waals surface area contributed by atoms with Crippen LogP contribution >= 0.6 is 0 Å². The zero-order chi connectivity index (χ0) is 24.4. The minimum atomic E-state index is -0.762. The fourth-order valence-corrected chi connectivity index (χ4v) is 3.24. The lowest BCUT2D eigenvalue weighted by molar-refractivity contribution is -0.396. The van der Waals surface area contributed by atoms with Crippen LogP contribution in [0, 0.1) is 19.9 Å². The number of methoxy groups -OCH3 is 1. The molecule has 0 saturated heterocycles. The summed E-state index contributed by atoms with van der Waals surface area (Å²) in [7, 11) is 1.30. The van der Waals surface area contributed by atoms with Crippen molar-refractivity contribution in [3.8, 4) is 0 Å². The van der Waals surface area contributed by atoms with Crippen LogP contribution in [0.25, 0.3) is 0 Å². The molecule has 2 atom stereocenters. The van der Waals surface area contributed by atoms with E-state index in [0.717, 1.165) is 0 Å². The molecule has 0 saturated carbocycles. The van der Waals surface area contributed by atoms with Crippen molar-refractivity contribution in [1.82, 2.24) is 20.2 Å². The number of nitroso groups, excluding NO2 is 2. The molecule has 2 N–H and O–H groups in total. The van der Waals surface area contributed by atoms with E-state index < -0.39 is 28.1 Å². The average Bonchev–Trinajstić information content (AvgIpc) is 3.20. The molecule has 0 aromatic carbocycles. The maximum atomic E-state index is 11.4. The monoisotopic (exact) mass is 455 g/mol. The molecule has 0 radical (unpaired) electrons. The van der Waals surface area contributed by atoms with Crippen LogP contribution in [-0.2, 0) is 16.1 Å². The molecule has 0 aliphatic heterocycles. The number of carbonyl (C=O) groups is 1. The maximum absolute atomic E-state index is 11.4. The second-order valence-electron chi connectivity index (χ2n) is 8.64. The van der Waals surface area contributed by atoms with Gasteiger partial charge in [0, 0.05) is 17.5 Å². The highest BCUT2D eigenvalue weighted by molar-refractivity contribution is 5.69. The zero-order valence-electron chi connectivity index (χ0n) is 19.2. The lowest BCUT2D eigenvalue weighted by Crippen LogP contribution is -2.52. The van der Waals surface area contributed by atoms with Crippen LogP contribution in [0.2, 0.25) is 0 Å². The van der Waals surface area contributed by atoms with Gasteiger partial charge in [-0.25, -0.2) is 4.57 Å². The molecule has 1 aromatic heterocycles. The van der Waals surface area contributed by atoms with Crippen molar-refractivity contribution in [2.45, 2.75) is 76.7 Å². The second kappa shape index (κ2) is 12.3. The van der Waals surface area contributed by atoms with Gasteiger partial charge in [-0.1, -0.05) is 15.3 Å². The van der Waals surface area contributed by atoms with E-state index in [0.29, 0.717) is 19.5 Å². The lowest BCUT2D eigenvalue weighted by atomic mass is 9.91. The minimum Gasteiger partial charge on any atom is -0.469 e. The number of nitrogens with zero attached hydrogens (tertiary/aromatic N) is 5. The van der Waals surface area contributed by atoms with Gasteiger partial charge >= 0.3 is 11.9 Å². The average molecular weight is 456 g/mol. The molecule has 2 unspecified atom stereocenters. The lowest BCUT2D eigenvalue weighted by Gasteiger charge is -2.32. The van der Waals surface area contributed by atoms with Gasteiger partial charge < -0.3 is 25.5 Å². The molecule has 1 aromatic rings. The summed E-state index contributed by atoms with van der Waals surface area (Å²) < 4.78 is 5.89. The Morgan fingerprint density at radius 1 is 1.19 bits per heavy atom. The molecule has 0 amide bonds. The first kappa shape index (κ1) is 27.2. The van der Waals surface area contributed by atoms with Gasteiger partial charge in [0.05, 0.1) is 13.7 Å². The Morgan fingerprint density at radius 3 is 2.25 bits per heavy atom. The number of nitro groups is 1. The van der Waals surface area contributed by atoms with E-state index in [1.165, 1.54) is 24.1 Å². The Balaban J connectivity index is 2.53. The number of hydrogen-bond acceptors (Lipinski definition) is 11. The summed E-state index contributed by atoms with van der Waals surface area (Å²) in [5, 5.41) is 23.9. The molecule has 1 rings (SSSR count). The van der Waals surface area contributed by atoms with Gasteiger partial charge in [0.2, 0.25) is 0 Å². The first-order chi connectivity index (χ1) is 15.0. The van der Waals surface area contributed by atoms with Crippen molar-refractivity contribution >= 4 is 11.9 Å². The summed E-state index contributed by atoms with van der Waals surface area (Å²) in [5.41, 5.74) is -1.33. The maximum Gasteiger partial charge on any atom is 0.434 e. The van der Waals surface area contributed by atoms with E-state index in [-0.39, 0.29) is 31.3 Å². The van der Waals surface area contributed by atoms with Crippen LogP contribution in [0.15, 0.2) is 22.7 Å². The molecule has 32 heavy (non-hydrogen) atoms. The van der Waals surface area contributed by atoms with Crippen molar-refractivity contribution in [2.24, 2.45) is 10.4 Å². The minimum absolute atomic E-state index is 0.0258. The highest BCUT2D eigenvalue weighted by atomic mass is 16.6. The first-order valence-corrected chi connectivity index (χ1v) is 10.4. The van der Waals surface area contributed by atoms with Crippen LogP contribution in [0.1, 0.15) is 47.0 Å². The number of nitrogens with one attached hydrogen (secondary N) is 2. The Labute approximate surface area is 186 Å². The molecule has 13 heteroatoms. The van der Waals surface area contributed by atoms with Gasteiger partial charge in [-0.05, 0) is 58.5 Å². The summed E-state index contributed by atoms with van der Waals surface area (Å²) in [6.45, 7) is 8.42. The Bertz CT molecular complexity index is 780. The Kier molecular flexibility index (Phi) is 10.5. The Hall–Kier alpha value is -2.80. The number of rotatable bonds is 16. The second-order valence-corrected chi connectivity index (χ2v) is 8.64. The van der Waals surface area contributed by atoms with Crippen LogP contribution in [-0.4, -0.2) is 63.8 Å². The fraction of sp³-hybridized carbons (Fsp3) is 0.789. The van der Waals surface area contributed by atoms with E-state index in [4.69, 9.17) is 0 Å². The predicted molar refractivity (Wildman–Crippen MR) is 118 cm³/mol. The largest absolute Gasteiger partial charge is 0.469 e. The molecule has 0 fully saturated rings. The Morgan fingerprint density at radius 2 is 1.75 bits per heavy atom. The van der Waals surface area contributed by atoms with Crippen molar-refractivity contribution in [3.05, 3.63) is 32.3 Å². The van der Waals surface area contributed by atoms with Gasteiger partial charge in [0.15, 0.2) is 0 Å². The van der Waals surface area contributed by atoms with Crippen molar-refractivity contribution in [1.29, 1.82) is 0 Å². The van der Waals surface area contributed by atoms with E-state index in [2.05, 4.69) is 30.7 Å². The van der Waals surface area contributed by atoms with Gasteiger partial charge in [0.25, 0.3) is 0 Å². The quantitative estimate of drug-likeness (QED) is 0.125. The third-order valence-electron chi connectivity index (χ3n) is 5.51. The fourth-order valence-electron chi connectivity index (χ4n) is 3.24. The normalized spacial score (nSPS) is 13.9. The van der Waals surface area contributed by atoms with Crippen molar-refractivity contribution in [3.63, 3.8) is 0 Å². The van der Waals surface area contributed by atoms with Gasteiger partial charge in [-0.2, -0.15) is 9.81 Å². The highest BCUT2D eigenvalue weighted by Crippen LogP contribution is 2.20. The number of imidazole rings is 1. The molecule has 180 valence electrons. The third-order valence-corrected chi connectivity index (χ3v) is 5.51. The first-order valence-electron chi connectivity index (χ1n) is 10.4. The summed E-state index contributed by atoms with van der Waals surface area (Å²) in [5.74, 6) is -0.730. The highest BCUT2D eigenvalue weighted by Gasteiger charge is 2.34. The standard InChI is InChI=1S/C19H33N7O6/c1-18(2,14(23-28)7-8-16(27)32-5)21-9-6-10-22-19(3,4)15(24-29)13-25-12-11-20-17(25)26(30)31/h11-12,14-15,21-22H,6-10,13H2,1-5H3. The molecule has 0 aliphatic rings. The summed E-state index contributed by atoms with van der Waals surface area (Å²) in [6, 6.07) is -1.36. The molecular formula is C19H33N7O6. The molecule has 0 spiro atoms. The number of ether oxygens (including phenoxy) is 1. The molecular weight excluding hydrogens is 422 g/mol.